The lowest BCUT2D eigenvalue weighted by Gasteiger charge is -1.96. The highest BCUT2D eigenvalue weighted by Gasteiger charge is 1.99. The maximum absolute atomic E-state index is 8.31. The number of halogens is 1. The third kappa shape index (κ3) is 5.97. The van der Waals surface area contributed by atoms with Crippen molar-refractivity contribution in [2.45, 2.75) is 5.38 Å². The van der Waals surface area contributed by atoms with Crippen molar-refractivity contribution in [3.8, 4) is 6.07 Å². The van der Waals surface area contributed by atoms with E-state index in [-0.39, 0.29) is 6.61 Å². The summed E-state index contributed by atoms with van der Waals surface area (Å²) in [5, 5.41) is 16.1. The molecule has 0 saturated carbocycles. The van der Waals surface area contributed by atoms with Gasteiger partial charge in [-0.05, 0) is 0 Å². The summed E-state index contributed by atoms with van der Waals surface area (Å²) in [6.45, 7) is 0.152. The van der Waals surface area contributed by atoms with Crippen molar-refractivity contribution in [3.05, 3.63) is 0 Å². The Labute approximate surface area is 63.8 Å². The largest absolute Gasteiger partial charge is 0.396 e. The number of aliphatic hydroxyl groups is 1. The van der Waals surface area contributed by atoms with Crippen LogP contribution in [0.4, 0.5) is 0 Å². The first kappa shape index (κ1) is 9.09. The van der Waals surface area contributed by atoms with Gasteiger partial charge in [0.1, 0.15) is 5.38 Å². The minimum atomic E-state index is -0.415. The lowest BCUT2D eigenvalue weighted by atomic mass is 10.5. The van der Waals surface area contributed by atoms with Crippen molar-refractivity contribution < 1.29 is 5.11 Å². The standard InChI is InChI=1S/C5H8ClNOS/c6-5(3-7)4-9-2-1-8/h5,8H,1-2,4H2. The van der Waals surface area contributed by atoms with Gasteiger partial charge in [0.25, 0.3) is 0 Å². The molecule has 1 unspecified atom stereocenters. The van der Waals surface area contributed by atoms with E-state index in [2.05, 4.69) is 0 Å². The SMILES string of the molecule is N#CC(Cl)CSCCO. The molecule has 0 amide bonds. The van der Waals surface area contributed by atoms with E-state index in [1.165, 1.54) is 11.8 Å². The molecule has 0 aliphatic carbocycles. The minimum absolute atomic E-state index is 0.152. The second-order valence-electron chi connectivity index (χ2n) is 1.40. The van der Waals surface area contributed by atoms with Crippen LogP contribution in [0.25, 0.3) is 0 Å². The molecule has 1 N–H and O–H groups in total. The molecule has 0 aliphatic heterocycles. The van der Waals surface area contributed by atoms with E-state index >= 15 is 0 Å². The van der Waals surface area contributed by atoms with Gasteiger partial charge in [-0.1, -0.05) is 0 Å². The van der Waals surface area contributed by atoms with Gasteiger partial charge in [-0.25, -0.2) is 0 Å². The number of nitrogens with zero attached hydrogens (tertiary/aromatic N) is 1. The monoisotopic (exact) mass is 165 g/mol. The van der Waals surface area contributed by atoms with E-state index in [1.807, 2.05) is 6.07 Å². The van der Waals surface area contributed by atoms with E-state index < -0.39 is 5.38 Å². The Morgan fingerprint density at radius 3 is 2.89 bits per heavy atom. The molecule has 0 fully saturated rings. The predicted octanol–water partition coefficient (Wildman–Crippen LogP) is 0.843. The van der Waals surface area contributed by atoms with Gasteiger partial charge in [-0.2, -0.15) is 17.0 Å². The van der Waals surface area contributed by atoms with Crippen LogP contribution in [-0.2, 0) is 0 Å². The summed E-state index contributed by atoms with van der Waals surface area (Å²) in [6.07, 6.45) is 0. The van der Waals surface area contributed by atoms with E-state index in [4.69, 9.17) is 22.0 Å². The van der Waals surface area contributed by atoms with Crippen LogP contribution in [0.2, 0.25) is 0 Å². The van der Waals surface area contributed by atoms with Crippen LogP contribution in [-0.4, -0.2) is 28.6 Å². The number of nitriles is 1. The minimum Gasteiger partial charge on any atom is -0.396 e. The molecule has 0 aliphatic rings. The Morgan fingerprint density at radius 1 is 1.78 bits per heavy atom. The molecule has 1 atom stereocenters. The first-order chi connectivity index (χ1) is 4.31. The summed E-state index contributed by atoms with van der Waals surface area (Å²) in [5.74, 6) is 1.25. The van der Waals surface area contributed by atoms with Crippen LogP contribution < -0.4 is 0 Å². The number of rotatable bonds is 4. The molecule has 0 rings (SSSR count). The molecule has 0 bridgehead atoms. The third-order valence-corrected chi connectivity index (χ3v) is 2.12. The lowest BCUT2D eigenvalue weighted by Crippen LogP contribution is -1.99. The van der Waals surface area contributed by atoms with Gasteiger partial charge in [0.2, 0.25) is 0 Å². The van der Waals surface area contributed by atoms with Gasteiger partial charge >= 0.3 is 0 Å². The number of thioether (sulfide) groups is 1. The zero-order valence-electron chi connectivity index (χ0n) is 4.88. The smallest absolute Gasteiger partial charge is 0.129 e. The van der Waals surface area contributed by atoms with Gasteiger partial charge in [0, 0.05) is 11.5 Å². The summed E-state index contributed by atoms with van der Waals surface area (Å²) in [6, 6.07) is 1.89. The van der Waals surface area contributed by atoms with Crippen LogP contribution in [0.3, 0.4) is 0 Å². The second-order valence-corrected chi connectivity index (χ2v) is 3.07. The molecule has 0 radical (unpaired) electrons. The number of alkyl halides is 1. The van der Waals surface area contributed by atoms with Crippen LogP contribution >= 0.6 is 23.4 Å². The Morgan fingerprint density at radius 2 is 2.44 bits per heavy atom. The fraction of sp³-hybridized carbons (Fsp3) is 0.800. The van der Waals surface area contributed by atoms with E-state index in [1.54, 1.807) is 0 Å². The highest BCUT2D eigenvalue weighted by molar-refractivity contribution is 7.99. The number of hydrogen-bond acceptors (Lipinski definition) is 3. The van der Waals surface area contributed by atoms with Crippen LogP contribution in [0.15, 0.2) is 0 Å². The molecule has 52 valence electrons. The summed E-state index contributed by atoms with van der Waals surface area (Å²) in [7, 11) is 0. The fourth-order valence-electron chi connectivity index (χ4n) is 0.289. The average Bonchev–Trinajstić information content (AvgIpc) is 1.89. The third-order valence-electron chi connectivity index (χ3n) is 0.640. The zero-order valence-corrected chi connectivity index (χ0v) is 6.45. The summed E-state index contributed by atoms with van der Waals surface area (Å²) in [4.78, 5) is 0. The van der Waals surface area contributed by atoms with Gasteiger partial charge in [0.05, 0.1) is 12.7 Å². The highest BCUT2D eigenvalue weighted by Crippen LogP contribution is 2.05. The van der Waals surface area contributed by atoms with Crippen LogP contribution in [0.1, 0.15) is 0 Å². The molecule has 0 spiro atoms. The van der Waals surface area contributed by atoms with Gasteiger partial charge in [-0.3, -0.25) is 0 Å². The number of hydrogen-bond donors (Lipinski definition) is 1. The van der Waals surface area contributed by atoms with E-state index in [9.17, 15) is 0 Å². The molecule has 4 heteroatoms. The molecule has 0 aromatic rings. The summed E-state index contributed by atoms with van der Waals surface area (Å²) in [5.41, 5.74) is 0. The first-order valence-electron chi connectivity index (χ1n) is 2.53. The molecule has 0 heterocycles. The molecule has 0 aromatic heterocycles. The van der Waals surface area contributed by atoms with Crippen molar-refractivity contribution >= 4 is 23.4 Å². The second kappa shape index (κ2) is 6.21. The molecule has 9 heavy (non-hydrogen) atoms. The van der Waals surface area contributed by atoms with Gasteiger partial charge < -0.3 is 5.11 Å². The maximum atomic E-state index is 8.31. The van der Waals surface area contributed by atoms with Crippen LogP contribution in [0, 0.1) is 11.3 Å². The average molecular weight is 166 g/mol. The molecular formula is C5H8ClNOS. The Kier molecular flexibility index (Phi) is 6.28. The van der Waals surface area contributed by atoms with Gasteiger partial charge in [-0.15, -0.1) is 11.6 Å². The van der Waals surface area contributed by atoms with Crippen molar-refractivity contribution in [2.75, 3.05) is 18.1 Å². The molecule has 0 saturated heterocycles. The summed E-state index contributed by atoms with van der Waals surface area (Å²) >= 11 is 6.92. The van der Waals surface area contributed by atoms with E-state index in [0.29, 0.717) is 11.5 Å². The Bertz CT molecular complexity index is 104. The normalized spacial score (nSPS) is 12.6. The van der Waals surface area contributed by atoms with Crippen molar-refractivity contribution in [1.82, 2.24) is 0 Å². The van der Waals surface area contributed by atoms with E-state index in [0.717, 1.165) is 0 Å². The Balaban J connectivity index is 2.99. The summed E-state index contributed by atoms with van der Waals surface area (Å²) < 4.78 is 0. The molecular weight excluding hydrogens is 158 g/mol. The zero-order chi connectivity index (χ0) is 7.11. The molecule has 0 aromatic carbocycles. The van der Waals surface area contributed by atoms with Crippen molar-refractivity contribution in [2.24, 2.45) is 0 Å². The quantitative estimate of drug-likeness (QED) is 0.496. The number of aliphatic hydroxyl groups excluding tert-OH is 1. The topological polar surface area (TPSA) is 44.0 Å². The van der Waals surface area contributed by atoms with Gasteiger partial charge in [0.15, 0.2) is 0 Å². The predicted molar refractivity (Wildman–Crippen MR) is 39.7 cm³/mol. The highest BCUT2D eigenvalue weighted by atomic mass is 35.5. The van der Waals surface area contributed by atoms with Crippen molar-refractivity contribution in [1.29, 1.82) is 5.26 Å². The Hall–Kier alpha value is 0.0900. The fourth-order valence-corrected chi connectivity index (χ4v) is 1.13. The first-order valence-corrected chi connectivity index (χ1v) is 4.12. The molecule has 2 nitrogen and oxygen atoms in total. The lowest BCUT2D eigenvalue weighted by molar-refractivity contribution is 0.322. The van der Waals surface area contributed by atoms with Crippen molar-refractivity contribution in [3.63, 3.8) is 0 Å². The van der Waals surface area contributed by atoms with Crippen LogP contribution in [0.5, 0.6) is 0 Å². The maximum Gasteiger partial charge on any atom is 0.129 e.